The number of hydrogen-bond donors (Lipinski definition) is 3. The maximum absolute atomic E-state index is 12.5. The molecule has 0 bridgehead atoms. The quantitative estimate of drug-likeness (QED) is 0.416. The first-order valence-electron chi connectivity index (χ1n) is 8.55. The van der Waals surface area contributed by atoms with Crippen LogP contribution < -0.4 is 29.7 Å². The zero-order valence-electron chi connectivity index (χ0n) is 16.4. The minimum Gasteiger partial charge on any atom is -0.496 e. The van der Waals surface area contributed by atoms with Crippen LogP contribution in [0.25, 0.3) is 0 Å². The standard InChI is InChI=1S/C19H25N3O5S/c1-13-11-15(6-8-16(13)25-2)28(23,24)22-19(20)21-10-9-14-5-7-17(26-3)18(12-14)27-4/h5-8,11-12H,9-10H2,1-4H3,(H3,20,21,22)/p+1. The summed E-state index contributed by atoms with van der Waals surface area (Å²) in [6.07, 6.45) is 0.616. The molecule has 2 rings (SSSR count). The van der Waals surface area contributed by atoms with Crippen LogP contribution in [0.2, 0.25) is 0 Å². The summed E-state index contributed by atoms with van der Waals surface area (Å²) in [5.74, 6) is 1.85. The lowest BCUT2D eigenvalue weighted by molar-refractivity contribution is -0.459. The molecular weight excluding hydrogens is 382 g/mol. The van der Waals surface area contributed by atoms with E-state index in [1.807, 2.05) is 18.2 Å². The van der Waals surface area contributed by atoms with Crippen LogP contribution in [0, 0.1) is 6.92 Å². The van der Waals surface area contributed by atoms with Gasteiger partial charge in [-0.15, -0.1) is 0 Å². The highest BCUT2D eigenvalue weighted by Crippen LogP contribution is 2.27. The summed E-state index contributed by atoms with van der Waals surface area (Å²) in [4.78, 5) is 2.97. The number of ether oxygens (including phenoxy) is 3. The van der Waals surface area contributed by atoms with Gasteiger partial charge in [-0.1, -0.05) is 6.07 Å². The number of aryl methyl sites for hydroxylation is 1. The molecule has 8 nitrogen and oxygen atoms in total. The zero-order valence-corrected chi connectivity index (χ0v) is 17.2. The summed E-state index contributed by atoms with van der Waals surface area (Å²) in [6, 6.07) is 10.2. The molecule has 0 aliphatic heterocycles. The van der Waals surface area contributed by atoms with Gasteiger partial charge in [0.1, 0.15) is 10.6 Å². The van der Waals surface area contributed by atoms with Gasteiger partial charge >= 0.3 is 16.0 Å². The highest BCUT2D eigenvalue weighted by Gasteiger charge is 2.20. The van der Waals surface area contributed by atoms with E-state index in [4.69, 9.17) is 19.9 Å². The van der Waals surface area contributed by atoms with Crippen LogP contribution in [0.4, 0.5) is 0 Å². The Morgan fingerprint density at radius 3 is 2.25 bits per heavy atom. The van der Waals surface area contributed by atoms with Crippen LogP contribution >= 0.6 is 0 Å². The molecule has 0 fully saturated rings. The smallest absolute Gasteiger partial charge is 0.356 e. The third-order valence-corrected chi connectivity index (χ3v) is 5.46. The molecule has 152 valence electrons. The van der Waals surface area contributed by atoms with E-state index in [0.717, 1.165) is 5.56 Å². The molecule has 4 N–H and O–H groups in total. The molecule has 0 atom stereocenters. The number of sulfonamides is 1. The predicted octanol–water partition coefficient (Wildman–Crippen LogP) is -0.0629. The van der Waals surface area contributed by atoms with E-state index >= 15 is 0 Å². The van der Waals surface area contributed by atoms with Crippen molar-refractivity contribution >= 4 is 16.0 Å². The van der Waals surface area contributed by atoms with Crippen molar-refractivity contribution in [2.75, 3.05) is 27.9 Å². The lowest BCUT2D eigenvalue weighted by Crippen LogP contribution is -2.79. The zero-order chi connectivity index (χ0) is 20.7. The molecule has 0 unspecified atom stereocenters. The monoisotopic (exact) mass is 408 g/mol. The minimum atomic E-state index is -3.79. The number of rotatable bonds is 8. The van der Waals surface area contributed by atoms with Gasteiger partial charge in [0.25, 0.3) is 0 Å². The van der Waals surface area contributed by atoms with Crippen molar-refractivity contribution in [3.8, 4) is 17.2 Å². The van der Waals surface area contributed by atoms with Crippen LogP contribution in [-0.4, -0.2) is 42.3 Å². The topological polar surface area (TPSA) is 114 Å². The summed E-state index contributed by atoms with van der Waals surface area (Å²) >= 11 is 0. The number of hydrogen-bond acceptors (Lipinski definition) is 5. The molecular formula is C19H26N3O5S+. The molecule has 0 aromatic heterocycles. The summed E-state index contributed by atoms with van der Waals surface area (Å²) < 4.78 is 42.9. The maximum Gasteiger partial charge on any atom is 0.356 e. The number of guanidine groups is 1. The van der Waals surface area contributed by atoms with Gasteiger partial charge < -0.3 is 14.2 Å². The Labute approximate surface area is 165 Å². The SMILES string of the molecule is COc1ccc(S(=O)(=O)NC(N)=[NH+]CCc2ccc(OC)c(OC)c2)cc1C. The van der Waals surface area contributed by atoms with Crippen molar-refractivity contribution in [3.63, 3.8) is 0 Å². The molecule has 0 aliphatic rings. The van der Waals surface area contributed by atoms with Crippen molar-refractivity contribution < 1.29 is 27.6 Å². The number of nitrogens with one attached hydrogen (secondary N) is 2. The molecule has 2 aromatic rings. The third kappa shape index (κ3) is 5.29. The van der Waals surface area contributed by atoms with Crippen molar-refractivity contribution in [1.82, 2.24) is 4.72 Å². The van der Waals surface area contributed by atoms with Crippen LogP contribution in [0.1, 0.15) is 11.1 Å². The second-order valence-electron chi connectivity index (χ2n) is 6.02. The molecule has 2 aromatic carbocycles. The number of benzene rings is 2. The molecule has 0 aliphatic carbocycles. The Bertz CT molecular complexity index is 958. The van der Waals surface area contributed by atoms with E-state index in [1.165, 1.54) is 19.2 Å². The first kappa shape index (κ1) is 21.4. The van der Waals surface area contributed by atoms with Crippen LogP contribution in [0.15, 0.2) is 41.3 Å². The van der Waals surface area contributed by atoms with E-state index < -0.39 is 10.0 Å². The summed E-state index contributed by atoms with van der Waals surface area (Å²) in [5.41, 5.74) is 7.51. The lowest BCUT2D eigenvalue weighted by Gasteiger charge is -2.09. The van der Waals surface area contributed by atoms with Crippen molar-refractivity contribution in [2.24, 2.45) is 5.73 Å². The Morgan fingerprint density at radius 1 is 1.00 bits per heavy atom. The highest BCUT2D eigenvalue weighted by atomic mass is 32.2. The molecule has 0 saturated heterocycles. The number of methoxy groups -OCH3 is 3. The van der Waals surface area contributed by atoms with Gasteiger partial charge in [-0.3, -0.25) is 10.7 Å². The highest BCUT2D eigenvalue weighted by molar-refractivity contribution is 7.90. The Kier molecular flexibility index (Phi) is 7.11. The Balaban J connectivity index is 2.03. The predicted molar refractivity (Wildman–Crippen MR) is 106 cm³/mol. The fraction of sp³-hybridized carbons (Fsp3) is 0.316. The molecule has 9 heteroatoms. The van der Waals surface area contributed by atoms with Crippen LogP contribution in [0.5, 0.6) is 17.2 Å². The van der Waals surface area contributed by atoms with E-state index in [9.17, 15) is 8.42 Å². The van der Waals surface area contributed by atoms with Gasteiger partial charge in [0.05, 0.1) is 27.9 Å². The van der Waals surface area contributed by atoms with Crippen LogP contribution in [-0.2, 0) is 16.4 Å². The van der Waals surface area contributed by atoms with E-state index in [-0.39, 0.29) is 10.9 Å². The van der Waals surface area contributed by atoms with Gasteiger partial charge in [-0.2, -0.15) is 13.1 Å². The summed E-state index contributed by atoms with van der Waals surface area (Å²) in [5, 5.41) is 0. The number of nitrogens with two attached hydrogens (primary N) is 1. The normalized spacial score (nSPS) is 11.8. The Hall–Kier alpha value is -2.94. The molecule has 0 saturated carbocycles. The van der Waals surface area contributed by atoms with Gasteiger partial charge in [0.2, 0.25) is 0 Å². The van der Waals surface area contributed by atoms with Crippen molar-refractivity contribution in [3.05, 3.63) is 47.5 Å². The minimum absolute atomic E-state index is 0.0473. The van der Waals surface area contributed by atoms with Gasteiger partial charge in [0.15, 0.2) is 11.5 Å². The average molecular weight is 409 g/mol. The van der Waals surface area contributed by atoms with Crippen molar-refractivity contribution in [1.29, 1.82) is 0 Å². The average Bonchev–Trinajstić information content (AvgIpc) is 2.67. The third-order valence-electron chi connectivity index (χ3n) is 4.10. The van der Waals surface area contributed by atoms with Gasteiger partial charge in [-0.05, 0) is 48.4 Å². The van der Waals surface area contributed by atoms with E-state index in [1.54, 1.807) is 27.2 Å². The lowest BCUT2D eigenvalue weighted by atomic mass is 10.1. The van der Waals surface area contributed by atoms with Gasteiger partial charge in [0, 0.05) is 6.42 Å². The second-order valence-corrected chi connectivity index (χ2v) is 7.70. The van der Waals surface area contributed by atoms with Crippen molar-refractivity contribution in [2.45, 2.75) is 18.2 Å². The summed E-state index contributed by atoms with van der Waals surface area (Å²) in [6.45, 7) is 2.21. The largest absolute Gasteiger partial charge is 0.496 e. The summed E-state index contributed by atoms with van der Waals surface area (Å²) in [7, 11) is 0.888. The van der Waals surface area contributed by atoms with E-state index in [2.05, 4.69) is 9.71 Å². The molecule has 28 heavy (non-hydrogen) atoms. The first-order chi connectivity index (χ1) is 13.3. The fourth-order valence-electron chi connectivity index (χ4n) is 2.64. The maximum atomic E-state index is 12.5. The first-order valence-corrected chi connectivity index (χ1v) is 10.0. The fourth-order valence-corrected chi connectivity index (χ4v) is 3.69. The second kappa shape index (κ2) is 9.32. The Morgan fingerprint density at radius 2 is 1.64 bits per heavy atom. The van der Waals surface area contributed by atoms with Crippen LogP contribution in [0.3, 0.4) is 0 Å². The van der Waals surface area contributed by atoms with Gasteiger partial charge in [-0.25, -0.2) is 0 Å². The molecule has 0 heterocycles. The molecule has 0 spiro atoms. The molecule has 0 radical (unpaired) electrons. The van der Waals surface area contributed by atoms with E-state index in [0.29, 0.717) is 35.8 Å². The molecule has 0 amide bonds.